The number of nitrogens with one attached hydrogen (secondary N) is 1. The zero-order valence-electron chi connectivity index (χ0n) is 7.60. The second-order valence-corrected chi connectivity index (χ2v) is 5.47. The van der Waals surface area contributed by atoms with E-state index >= 15 is 0 Å². The lowest BCUT2D eigenvalue weighted by molar-refractivity contribution is -0.136. The number of carbonyl (C=O) groups is 1. The Kier molecular flexibility index (Phi) is 2.81. The summed E-state index contributed by atoms with van der Waals surface area (Å²) < 4.78 is -0.674. The van der Waals surface area contributed by atoms with Crippen LogP contribution in [0.1, 0.15) is 20.3 Å². The predicted molar refractivity (Wildman–Crippen MR) is 51.9 cm³/mol. The van der Waals surface area contributed by atoms with Crippen LogP contribution in [0.25, 0.3) is 0 Å². The van der Waals surface area contributed by atoms with Gasteiger partial charge in [-0.15, -0.1) is 23.2 Å². The molecule has 0 aromatic heterocycles. The third-order valence-corrected chi connectivity index (χ3v) is 2.95. The van der Waals surface area contributed by atoms with Crippen LogP contribution in [-0.2, 0) is 4.79 Å². The summed E-state index contributed by atoms with van der Waals surface area (Å²) in [6, 6.07) is 0. The molecule has 0 aromatic carbocycles. The van der Waals surface area contributed by atoms with Crippen LogP contribution in [0.5, 0.6) is 0 Å². The third-order valence-electron chi connectivity index (χ3n) is 2.02. The second kappa shape index (κ2) is 3.30. The minimum absolute atomic E-state index is 0.113. The monoisotopic (exact) mass is 225 g/mol. The average molecular weight is 226 g/mol. The van der Waals surface area contributed by atoms with Gasteiger partial charge in [-0.3, -0.25) is 4.79 Å². The number of hydrogen-bond donors (Lipinski definition) is 2. The van der Waals surface area contributed by atoms with Crippen molar-refractivity contribution in [1.29, 1.82) is 0 Å². The molecule has 13 heavy (non-hydrogen) atoms. The summed E-state index contributed by atoms with van der Waals surface area (Å²) in [5.74, 6) is -0.286. The van der Waals surface area contributed by atoms with Gasteiger partial charge in [0.25, 0.3) is 5.91 Å². The lowest BCUT2D eigenvalue weighted by atomic mass is 10.1. The lowest BCUT2D eigenvalue weighted by Crippen LogP contribution is -2.43. The summed E-state index contributed by atoms with van der Waals surface area (Å²) in [6.07, 6.45) is 0.697. The lowest BCUT2D eigenvalue weighted by Gasteiger charge is -2.16. The van der Waals surface area contributed by atoms with Gasteiger partial charge in [0.1, 0.15) is 9.93 Å². The topological polar surface area (TPSA) is 49.3 Å². The van der Waals surface area contributed by atoms with Crippen LogP contribution in [0.4, 0.5) is 0 Å². The number of carbonyl (C=O) groups excluding carboxylic acids is 1. The molecule has 1 saturated carbocycles. The van der Waals surface area contributed by atoms with Crippen molar-refractivity contribution in [2.24, 2.45) is 5.92 Å². The molecule has 1 rings (SSSR count). The molecule has 0 bridgehead atoms. The second-order valence-electron chi connectivity index (χ2n) is 3.93. The van der Waals surface area contributed by atoms with Crippen LogP contribution in [0.3, 0.4) is 0 Å². The molecular weight excluding hydrogens is 213 g/mol. The zero-order valence-corrected chi connectivity index (χ0v) is 9.11. The minimum Gasteiger partial charge on any atom is -0.381 e. The molecule has 1 amide bonds. The van der Waals surface area contributed by atoms with Crippen molar-refractivity contribution in [2.75, 3.05) is 6.54 Å². The SMILES string of the molecule is CC(C)(O)C(=O)NCC1CC1(Cl)Cl. The van der Waals surface area contributed by atoms with Gasteiger partial charge in [0, 0.05) is 12.5 Å². The number of hydrogen-bond acceptors (Lipinski definition) is 2. The van der Waals surface area contributed by atoms with Crippen molar-refractivity contribution in [2.45, 2.75) is 30.2 Å². The molecule has 76 valence electrons. The van der Waals surface area contributed by atoms with E-state index in [1.165, 1.54) is 13.8 Å². The van der Waals surface area contributed by atoms with Crippen LogP contribution in [0.2, 0.25) is 0 Å². The van der Waals surface area contributed by atoms with Crippen molar-refractivity contribution in [3.05, 3.63) is 0 Å². The van der Waals surface area contributed by atoms with E-state index in [1.54, 1.807) is 0 Å². The maximum absolute atomic E-state index is 11.2. The first-order valence-electron chi connectivity index (χ1n) is 4.12. The summed E-state index contributed by atoms with van der Waals surface area (Å²) >= 11 is 11.5. The highest BCUT2D eigenvalue weighted by Gasteiger charge is 2.51. The first-order chi connectivity index (χ1) is 5.73. The van der Waals surface area contributed by atoms with E-state index in [0.717, 1.165) is 0 Å². The van der Waals surface area contributed by atoms with Gasteiger partial charge < -0.3 is 10.4 Å². The molecule has 1 fully saturated rings. The highest BCUT2D eigenvalue weighted by Crippen LogP contribution is 2.52. The van der Waals surface area contributed by atoms with E-state index in [2.05, 4.69) is 5.32 Å². The van der Waals surface area contributed by atoms with Crippen molar-refractivity contribution < 1.29 is 9.90 Å². The zero-order chi connectivity index (χ0) is 10.3. The van der Waals surface area contributed by atoms with Crippen LogP contribution >= 0.6 is 23.2 Å². The van der Waals surface area contributed by atoms with Crippen LogP contribution in [0.15, 0.2) is 0 Å². The van der Waals surface area contributed by atoms with Gasteiger partial charge in [0.15, 0.2) is 0 Å². The van der Waals surface area contributed by atoms with E-state index < -0.39 is 15.8 Å². The molecule has 5 heteroatoms. The van der Waals surface area contributed by atoms with E-state index in [9.17, 15) is 9.90 Å². The highest BCUT2D eigenvalue weighted by molar-refractivity contribution is 6.50. The van der Waals surface area contributed by atoms with E-state index in [0.29, 0.717) is 13.0 Å². The Hall–Kier alpha value is 0.01000. The van der Waals surface area contributed by atoms with Gasteiger partial charge in [-0.25, -0.2) is 0 Å². The molecule has 0 aromatic rings. The first-order valence-corrected chi connectivity index (χ1v) is 4.87. The van der Waals surface area contributed by atoms with Gasteiger partial charge in [-0.1, -0.05) is 0 Å². The summed E-state index contributed by atoms with van der Waals surface area (Å²) in [7, 11) is 0. The number of aliphatic hydroxyl groups is 1. The van der Waals surface area contributed by atoms with Gasteiger partial charge in [0.2, 0.25) is 0 Å². The van der Waals surface area contributed by atoms with Crippen LogP contribution < -0.4 is 5.32 Å². The fourth-order valence-electron chi connectivity index (χ4n) is 0.923. The molecule has 1 unspecified atom stereocenters. The highest BCUT2D eigenvalue weighted by atomic mass is 35.5. The van der Waals surface area contributed by atoms with Crippen LogP contribution in [0, 0.1) is 5.92 Å². The fourth-order valence-corrected chi connectivity index (χ4v) is 1.45. The molecule has 0 radical (unpaired) electrons. The Labute approximate surface area is 87.4 Å². The molecule has 3 nitrogen and oxygen atoms in total. The number of amides is 1. The van der Waals surface area contributed by atoms with Gasteiger partial charge >= 0.3 is 0 Å². The molecule has 0 spiro atoms. The molecule has 0 aliphatic heterocycles. The van der Waals surface area contributed by atoms with Crippen molar-refractivity contribution in [1.82, 2.24) is 5.32 Å². The first kappa shape index (κ1) is 11.1. The Morgan fingerprint density at radius 3 is 2.46 bits per heavy atom. The number of halogens is 2. The summed E-state index contributed by atoms with van der Waals surface area (Å²) in [6.45, 7) is 3.30. The summed E-state index contributed by atoms with van der Waals surface area (Å²) in [4.78, 5) is 11.2. The Morgan fingerprint density at radius 2 is 2.15 bits per heavy atom. The largest absolute Gasteiger partial charge is 0.381 e. The van der Waals surface area contributed by atoms with Crippen molar-refractivity contribution in [3.63, 3.8) is 0 Å². The van der Waals surface area contributed by atoms with Crippen LogP contribution in [-0.4, -0.2) is 27.5 Å². The molecule has 2 N–H and O–H groups in total. The molecule has 1 aliphatic rings. The van der Waals surface area contributed by atoms with Crippen molar-refractivity contribution >= 4 is 29.1 Å². The van der Waals surface area contributed by atoms with Gasteiger partial charge in [0.05, 0.1) is 0 Å². The molecule has 1 atom stereocenters. The van der Waals surface area contributed by atoms with Gasteiger partial charge in [-0.05, 0) is 20.3 Å². The predicted octanol–water partition coefficient (Wildman–Crippen LogP) is 1.07. The van der Waals surface area contributed by atoms with Gasteiger partial charge in [-0.2, -0.15) is 0 Å². The summed E-state index contributed by atoms with van der Waals surface area (Å²) in [5, 5.41) is 11.9. The number of rotatable bonds is 3. The number of alkyl halides is 2. The average Bonchev–Trinajstić information content (AvgIpc) is 2.52. The third kappa shape index (κ3) is 3.01. The Balaban J connectivity index is 2.25. The normalized spacial score (nSPS) is 25.5. The maximum Gasteiger partial charge on any atom is 0.251 e. The minimum atomic E-state index is -1.34. The smallest absolute Gasteiger partial charge is 0.251 e. The Bertz CT molecular complexity index is 223. The quantitative estimate of drug-likeness (QED) is 0.707. The summed E-state index contributed by atoms with van der Waals surface area (Å²) in [5.41, 5.74) is -1.34. The molecular formula is C8H13Cl2NO2. The molecule has 0 saturated heterocycles. The fraction of sp³-hybridized carbons (Fsp3) is 0.875. The van der Waals surface area contributed by atoms with E-state index in [-0.39, 0.29) is 5.92 Å². The van der Waals surface area contributed by atoms with E-state index in [4.69, 9.17) is 23.2 Å². The van der Waals surface area contributed by atoms with Crippen molar-refractivity contribution in [3.8, 4) is 0 Å². The molecule has 1 aliphatic carbocycles. The maximum atomic E-state index is 11.2. The standard InChI is InChI=1S/C8H13Cl2NO2/c1-7(2,13)6(12)11-4-5-3-8(5,9)10/h5,13H,3-4H2,1-2H3,(H,11,12). The Morgan fingerprint density at radius 1 is 1.69 bits per heavy atom. The van der Waals surface area contributed by atoms with E-state index in [1.807, 2.05) is 0 Å². The molecule has 0 heterocycles.